The highest BCUT2D eigenvalue weighted by Crippen LogP contribution is 2.24. The van der Waals surface area contributed by atoms with Gasteiger partial charge in [-0.25, -0.2) is 4.79 Å². The van der Waals surface area contributed by atoms with Gasteiger partial charge in [-0.2, -0.15) is 0 Å². The van der Waals surface area contributed by atoms with Crippen LogP contribution >= 0.6 is 11.8 Å². The topological polar surface area (TPSA) is 69.9 Å². The maximum absolute atomic E-state index is 11.4. The summed E-state index contributed by atoms with van der Waals surface area (Å²) in [6, 6.07) is 11.2. The summed E-state index contributed by atoms with van der Waals surface area (Å²) in [6.07, 6.45) is 3.50. The van der Waals surface area contributed by atoms with E-state index in [1.807, 2.05) is 35.9 Å². The molecule has 0 aliphatic heterocycles. The van der Waals surface area contributed by atoms with Crippen LogP contribution in [0.3, 0.4) is 0 Å². The van der Waals surface area contributed by atoms with Crippen molar-refractivity contribution in [1.29, 1.82) is 0 Å². The monoisotopic (exact) mass is 340 g/mol. The molecule has 0 fully saturated rings. The number of ether oxygens (including phenoxy) is 1. The number of pyridine rings is 1. The minimum Gasteiger partial charge on any atom is -0.465 e. The molecule has 0 aliphatic rings. The van der Waals surface area contributed by atoms with Crippen LogP contribution in [-0.4, -0.2) is 32.8 Å². The van der Waals surface area contributed by atoms with Crippen LogP contribution in [-0.2, 0) is 17.5 Å². The second-order valence-corrected chi connectivity index (χ2v) is 6.03. The fraction of sp³-hybridized carbons (Fsp3) is 0.176. The van der Waals surface area contributed by atoms with Crippen molar-refractivity contribution in [3.63, 3.8) is 0 Å². The van der Waals surface area contributed by atoms with Gasteiger partial charge < -0.3 is 9.30 Å². The van der Waals surface area contributed by atoms with Crippen LogP contribution in [0.25, 0.3) is 11.4 Å². The van der Waals surface area contributed by atoms with Gasteiger partial charge in [-0.3, -0.25) is 4.98 Å². The quantitative estimate of drug-likeness (QED) is 0.525. The Hall–Kier alpha value is -2.67. The van der Waals surface area contributed by atoms with Gasteiger partial charge in [0.05, 0.1) is 12.7 Å². The van der Waals surface area contributed by atoms with Gasteiger partial charge in [0, 0.05) is 30.8 Å². The van der Waals surface area contributed by atoms with E-state index in [1.165, 1.54) is 7.11 Å². The average Bonchev–Trinajstić information content (AvgIpc) is 3.01. The molecule has 0 radical (unpaired) electrons. The van der Waals surface area contributed by atoms with Crippen LogP contribution < -0.4 is 0 Å². The molecule has 0 amide bonds. The Morgan fingerprint density at radius 2 is 2.00 bits per heavy atom. The molecule has 0 bridgehead atoms. The van der Waals surface area contributed by atoms with Crippen molar-refractivity contribution in [3.05, 3.63) is 59.9 Å². The van der Waals surface area contributed by atoms with E-state index in [0.717, 1.165) is 27.9 Å². The van der Waals surface area contributed by atoms with Gasteiger partial charge in [0.1, 0.15) is 0 Å². The summed E-state index contributed by atoms with van der Waals surface area (Å²) in [5.74, 6) is 1.19. The van der Waals surface area contributed by atoms with Gasteiger partial charge in [-0.15, -0.1) is 10.2 Å². The predicted octanol–water partition coefficient (Wildman–Crippen LogP) is 2.96. The minimum absolute atomic E-state index is 0.330. The first-order valence-electron chi connectivity index (χ1n) is 7.29. The van der Waals surface area contributed by atoms with Crippen molar-refractivity contribution in [2.24, 2.45) is 7.05 Å². The average molecular weight is 340 g/mol. The number of methoxy groups -OCH3 is 1. The van der Waals surface area contributed by atoms with Crippen molar-refractivity contribution in [2.45, 2.75) is 10.9 Å². The van der Waals surface area contributed by atoms with E-state index in [9.17, 15) is 4.79 Å². The maximum Gasteiger partial charge on any atom is 0.337 e. The van der Waals surface area contributed by atoms with Gasteiger partial charge in [-0.05, 0) is 29.8 Å². The molecular formula is C17H16N4O2S. The lowest BCUT2D eigenvalue weighted by molar-refractivity contribution is 0.0600. The van der Waals surface area contributed by atoms with E-state index in [2.05, 4.69) is 15.2 Å². The van der Waals surface area contributed by atoms with E-state index >= 15 is 0 Å². The number of nitrogens with zero attached hydrogens (tertiary/aromatic N) is 4. The number of aromatic nitrogens is 4. The molecule has 0 spiro atoms. The summed E-state index contributed by atoms with van der Waals surface area (Å²) in [7, 11) is 3.31. The Bertz CT molecular complexity index is 832. The van der Waals surface area contributed by atoms with Gasteiger partial charge in [0.2, 0.25) is 0 Å². The number of hydrogen-bond donors (Lipinski definition) is 0. The molecule has 3 rings (SSSR count). The SMILES string of the molecule is COC(=O)c1ccc(CSc2nnc(-c3cccnc3)n2C)cc1. The number of benzene rings is 1. The van der Waals surface area contributed by atoms with Crippen LogP contribution in [0.2, 0.25) is 0 Å². The first-order valence-corrected chi connectivity index (χ1v) is 8.27. The fourth-order valence-corrected chi connectivity index (χ4v) is 3.06. The zero-order chi connectivity index (χ0) is 16.9. The first kappa shape index (κ1) is 16.2. The molecule has 0 unspecified atom stereocenters. The van der Waals surface area contributed by atoms with Gasteiger partial charge >= 0.3 is 5.97 Å². The Labute approximate surface area is 143 Å². The summed E-state index contributed by atoms with van der Waals surface area (Å²) in [6.45, 7) is 0. The highest BCUT2D eigenvalue weighted by Gasteiger charge is 2.11. The number of carbonyl (C=O) groups is 1. The highest BCUT2D eigenvalue weighted by atomic mass is 32.2. The minimum atomic E-state index is -0.330. The van der Waals surface area contributed by atoms with Crippen molar-refractivity contribution in [2.75, 3.05) is 7.11 Å². The molecule has 3 aromatic rings. The lowest BCUT2D eigenvalue weighted by Crippen LogP contribution is -2.00. The summed E-state index contributed by atoms with van der Waals surface area (Å²) >= 11 is 1.59. The Balaban J connectivity index is 1.69. The molecule has 7 heteroatoms. The number of rotatable bonds is 5. The molecular weight excluding hydrogens is 324 g/mol. The molecule has 0 saturated carbocycles. The third-order valence-corrected chi connectivity index (χ3v) is 4.59. The van der Waals surface area contributed by atoms with Crippen LogP contribution in [0.4, 0.5) is 0 Å². The van der Waals surface area contributed by atoms with Crippen LogP contribution in [0.1, 0.15) is 15.9 Å². The predicted molar refractivity (Wildman–Crippen MR) is 91.6 cm³/mol. The van der Waals surface area contributed by atoms with E-state index < -0.39 is 0 Å². The molecule has 1 aromatic carbocycles. The maximum atomic E-state index is 11.4. The molecule has 0 atom stereocenters. The lowest BCUT2D eigenvalue weighted by Gasteiger charge is -2.04. The largest absolute Gasteiger partial charge is 0.465 e. The molecule has 0 N–H and O–H groups in total. The molecule has 0 saturated heterocycles. The van der Waals surface area contributed by atoms with E-state index in [0.29, 0.717) is 5.56 Å². The standard InChI is InChI=1S/C17H16N4O2S/c1-21-15(14-4-3-9-18-10-14)19-20-17(21)24-11-12-5-7-13(8-6-12)16(22)23-2/h3-10H,11H2,1-2H3. The number of thioether (sulfide) groups is 1. The van der Waals surface area contributed by atoms with Gasteiger partial charge in [0.25, 0.3) is 0 Å². The zero-order valence-electron chi connectivity index (χ0n) is 13.3. The zero-order valence-corrected chi connectivity index (χ0v) is 14.2. The number of hydrogen-bond acceptors (Lipinski definition) is 6. The molecule has 2 heterocycles. The van der Waals surface area contributed by atoms with E-state index in [4.69, 9.17) is 4.74 Å². The molecule has 122 valence electrons. The molecule has 24 heavy (non-hydrogen) atoms. The van der Waals surface area contributed by atoms with E-state index in [-0.39, 0.29) is 5.97 Å². The Morgan fingerprint density at radius 3 is 2.67 bits per heavy atom. The Morgan fingerprint density at radius 1 is 1.21 bits per heavy atom. The number of carbonyl (C=O) groups excluding carboxylic acids is 1. The van der Waals surface area contributed by atoms with Gasteiger partial charge in [0.15, 0.2) is 11.0 Å². The van der Waals surface area contributed by atoms with Crippen molar-refractivity contribution >= 4 is 17.7 Å². The second kappa shape index (κ2) is 7.27. The van der Waals surface area contributed by atoms with Crippen LogP contribution in [0, 0.1) is 0 Å². The third-order valence-electron chi connectivity index (χ3n) is 3.50. The summed E-state index contributed by atoms with van der Waals surface area (Å²) in [5, 5.41) is 9.30. The molecule has 0 aliphatic carbocycles. The van der Waals surface area contributed by atoms with Crippen LogP contribution in [0.15, 0.2) is 53.9 Å². The smallest absolute Gasteiger partial charge is 0.337 e. The number of esters is 1. The lowest BCUT2D eigenvalue weighted by atomic mass is 10.1. The van der Waals surface area contributed by atoms with Crippen molar-refractivity contribution < 1.29 is 9.53 Å². The summed E-state index contributed by atoms with van der Waals surface area (Å²) < 4.78 is 6.64. The summed E-state index contributed by atoms with van der Waals surface area (Å²) in [5.41, 5.74) is 2.57. The van der Waals surface area contributed by atoms with Crippen molar-refractivity contribution in [1.82, 2.24) is 19.7 Å². The Kier molecular flexibility index (Phi) is 4.90. The van der Waals surface area contributed by atoms with Crippen molar-refractivity contribution in [3.8, 4) is 11.4 Å². The first-order chi connectivity index (χ1) is 11.7. The fourth-order valence-electron chi connectivity index (χ4n) is 2.19. The summed E-state index contributed by atoms with van der Waals surface area (Å²) in [4.78, 5) is 15.5. The second-order valence-electron chi connectivity index (χ2n) is 5.08. The molecule has 2 aromatic heterocycles. The normalized spacial score (nSPS) is 10.6. The van der Waals surface area contributed by atoms with Gasteiger partial charge in [-0.1, -0.05) is 23.9 Å². The molecule has 6 nitrogen and oxygen atoms in total. The van der Waals surface area contributed by atoms with E-state index in [1.54, 1.807) is 36.3 Å². The highest BCUT2D eigenvalue weighted by molar-refractivity contribution is 7.98. The third kappa shape index (κ3) is 3.46. The van der Waals surface area contributed by atoms with Crippen LogP contribution in [0.5, 0.6) is 0 Å².